The molecule has 0 aromatic heterocycles. The average Bonchev–Trinajstić information content (AvgIpc) is 3.27. The van der Waals surface area contributed by atoms with Gasteiger partial charge in [-0.15, -0.1) is 0 Å². The number of ether oxygens (including phenoxy) is 2. The molecule has 45 heavy (non-hydrogen) atoms. The van der Waals surface area contributed by atoms with Crippen molar-refractivity contribution in [2.45, 2.75) is 91.2 Å². The van der Waals surface area contributed by atoms with Gasteiger partial charge in [0, 0.05) is 43.7 Å². The van der Waals surface area contributed by atoms with Crippen LogP contribution in [-0.4, -0.2) is 41.3 Å². The summed E-state index contributed by atoms with van der Waals surface area (Å²) in [6, 6.07) is 26.6. The predicted octanol–water partition coefficient (Wildman–Crippen LogP) is 6.87. The van der Waals surface area contributed by atoms with E-state index in [9.17, 15) is 9.90 Å². The minimum Gasteiger partial charge on any atom is -0.392 e. The summed E-state index contributed by atoms with van der Waals surface area (Å²) < 4.78 is 13.5. The molecule has 240 valence electrons. The molecule has 0 spiro atoms. The first-order valence-corrected chi connectivity index (χ1v) is 16.5. The molecule has 1 saturated carbocycles. The standard InChI is InChI=1S/C38H49N3O4/c1-26-33(22-41-25-38(4)19-32(41)18-37(2,3)24-38)44-35(45-34(26)30-14-12-29(23-42)13-15-30)31-16-10-28(11-17-31)21-40-36(43)39-20-27-8-6-5-7-9-27/h5-17,26,32-35,42H,18-25H2,1-4H3,(H2,39,40,43)/t26-,32?,33+,34+,35+,38?/m0/s1. The normalized spacial score (nSPS) is 29.3. The highest BCUT2D eigenvalue weighted by Crippen LogP contribution is 2.53. The van der Waals surface area contributed by atoms with Crippen LogP contribution in [0.2, 0.25) is 0 Å². The van der Waals surface area contributed by atoms with E-state index in [0.717, 1.165) is 40.9 Å². The Morgan fingerprint density at radius 3 is 2.13 bits per heavy atom. The lowest BCUT2D eigenvalue weighted by molar-refractivity contribution is -0.276. The lowest BCUT2D eigenvalue weighted by Crippen LogP contribution is -2.46. The summed E-state index contributed by atoms with van der Waals surface area (Å²) in [5.41, 5.74) is 5.76. The number of urea groups is 1. The van der Waals surface area contributed by atoms with Crippen molar-refractivity contribution in [2.75, 3.05) is 13.1 Å². The number of carbonyl (C=O) groups is 1. The van der Waals surface area contributed by atoms with E-state index in [4.69, 9.17) is 9.47 Å². The van der Waals surface area contributed by atoms with Crippen LogP contribution in [0.3, 0.4) is 0 Å². The number of aliphatic hydroxyl groups excluding tert-OH is 1. The highest BCUT2D eigenvalue weighted by Gasteiger charge is 2.51. The smallest absolute Gasteiger partial charge is 0.315 e. The topological polar surface area (TPSA) is 83.1 Å². The van der Waals surface area contributed by atoms with Crippen molar-refractivity contribution in [3.8, 4) is 0 Å². The van der Waals surface area contributed by atoms with Crippen molar-refractivity contribution in [3.05, 3.63) is 107 Å². The molecule has 3 N–H and O–H groups in total. The van der Waals surface area contributed by atoms with Crippen molar-refractivity contribution in [2.24, 2.45) is 16.7 Å². The van der Waals surface area contributed by atoms with Gasteiger partial charge in [0.05, 0.1) is 18.8 Å². The second-order valence-electron chi connectivity index (χ2n) is 14.7. The van der Waals surface area contributed by atoms with E-state index < -0.39 is 6.29 Å². The number of rotatable bonds is 9. The molecule has 3 aromatic rings. The fourth-order valence-electron chi connectivity index (χ4n) is 8.17. The molecule has 2 aliphatic heterocycles. The lowest BCUT2D eigenvalue weighted by Gasteiger charge is -2.43. The molecule has 2 bridgehead atoms. The maximum absolute atomic E-state index is 12.4. The maximum atomic E-state index is 12.4. The second kappa shape index (κ2) is 13.2. The van der Waals surface area contributed by atoms with Crippen LogP contribution in [0.4, 0.5) is 4.79 Å². The zero-order valence-corrected chi connectivity index (χ0v) is 27.2. The number of fused-ring (bicyclic) bond motifs is 2. The Hall–Kier alpha value is -3.23. The third kappa shape index (κ3) is 7.60. The van der Waals surface area contributed by atoms with E-state index in [0.29, 0.717) is 30.0 Å². The van der Waals surface area contributed by atoms with Gasteiger partial charge in [-0.05, 0) is 52.3 Å². The van der Waals surface area contributed by atoms with Crippen LogP contribution in [0, 0.1) is 16.7 Å². The monoisotopic (exact) mass is 611 g/mol. The van der Waals surface area contributed by atoms with Crippen LogP contribution in [0.15, 0.2) is 78.9 Å². The molecular weight excluding hydrogens is 562 g/mol. The Bertz CT molecular complexity index is 1430. The SMILES string of the molecule is C[C@H]1[C@@H](CN2CC3(C)CC2CC(C)(C)C3)O[C@@H](c2ccc(CNC(=O)NCc3ccccc3)cc2)O[C@H]1c1ccc(CO)cc1. The van der Waals surface area contributed by atoms with Gasteiger partial charge in [-0.3, -0.25) is 4.90 Å². The fraction of sp³-hybridized carbons (Fsp3) is 0.500. The Balaban J connectivity index is 1.14. The van der Waals surface area contributed by atoms with E-state index in [1.54, 1.807) is 0 Å². The Morgan fingerprint density at radius 2 is 1.47 bits per heavy atom. The van der Waals surface area contributed by atoms with Crippen LogP contribution >= 0.6 is 0 Å². The molecule has 3 aliphatic rings. The lowest BCUT2D eigenvalue weighted by atomic mass is 9.65. The van der Waals surface area contributed by atoms with E-state index in [-0.39, 0.29) is 30.8 Å². The number of carbonyl (C=O) groups excluding carboxylic acids is 1. The molecule has 6 atom stereocenters. The van der Waals surface area contributed by atoms with Gasteiger partial charge in [-0.2, -0.15) is 0 Å². The van der Waals surface area contributed by atoms with Gasteiger partial charge in [-0.25, -0.2) is 4.79 Å². The minimum atomic E-state index is -0.501. The molecule has 3 fully saturated rings. The summed E-state index contributed by atoms with van der Waals surface area (Å²) in [5, 5.41) is 15.5. The molecule has 7 heteroatoms. The van der Waals surface area contributed by atoms with Gasteiger partial charge in [0.25, 0.3) is 0 Å². The first-order valence-electron chi connectivity index (χ1n) is 16.5. The zero-order valence-electron chi connectivity index (χ0n) is 27.2. The van der Waals surface area contributed by atoms with Crippen LogP contribution < -0.4 is 10.6 Å². The quantitative estimate of drug-likeness (QED) is 0.246. The third-order valence-corrected chi connectivity index (χ3v) is 10.1. The summed E-state index contributed by atoms with van der Waals surface area (Å²) >= 11 is 0. The molecule has 0 radical (unpaired) electrons. The van der Waals surface area contributed by atoms with E-state index >= 15 is 0 Å². The van der Waals surface area contributed by atoms with Gasteiger partial charge in [0.2, 0.25) is 0 Å². The first-order chi connectivity index (χ1) is 21.6. The number of benzene rings is 3. The molecule has 2 unspecified atom stereocenters. The molecule has 2 saturated heterocycles. The molecule has 2 amide bonds. The average molecular weight is 612 g/mol. The van der Waals surface area contributed by atoms with Crippen molar-refractivity contribution in [3.63, 3.8) is 0 Å². The fourth-order valence-corrected chi connectivity index (χ4v) is 8.17. The van der Waals surface area contributed by atoms with Gasteiger partial charge in [0.1, 0.15) is 0 Å². The van der Waals surface area contributed by atoms with Crippen molar-refractivity contribution >= 4 is 6.03 Å². The number of hydrogen-bond donors (Lipinski definition) is 3. The highest BCUT2D eigenvalue weighted by atomic mass is 16.7. The summed E-state index contributed by atoms with van der Waals surface area (Å²) in [6.45, 7) is 12.5. The number of likely N-dealkylation sites (tertiary alicyclic amines) is 1. The minimum absolute atomic E-state index is 0.00647. The molecule has 1 aliphatic carbocycles. The van der Waals surface area contributed by atoms with Gasteiger partial charge < -0.3 is 25.2 Å². The van der Waals surface area contributed by atoms with E-state index in [2.05, 4.69) is 67.5 Å². The number of hydrogen-bond acceptors (Lipinski definition) is 5. The second-order valence-corrected chi connectivity index (χ2v) is 14.7. The van der Waals surface area contributed by atoms with Gasteiger partial charge in [-0.1, -0.05) is 107 Å². The van der Waals surface area contributed by atoms with Crippen LogP contribution in [0.1, 0.15) is 87.2 Å². The summed E-state index contributed by atoms with van der Waals surface area (Å²) in [6.07, 6.45) is 3.14. The Kier molecular flexibility index (Phi) is 9.34. The van der Waals surface area contributed by atoms with Crippen molar-refractivity contribution in [1.29, 1.82) is 0 Å². The molecular formula is C38H49N3O4. The predicted molar refractivity (Wildman–Crippen MR) is 176 cm³/mol. The van der Waals surface area contributed by atoms with E-state index in [1.807, 2.05) is 54.6 Å². The first kappa shape index (κ1) is 31.7. The van der Waals surface area contributed by atoms with Crippen molar-refractivity contribution in [1.82, 2.24) is 15.5 Å². The van der Waals surface area contributed by atoms with E-state index in [1.165, 1.54) is 19.3 Å². The van der Waals surface area contributed by atoms with Gasteiger partial charge >= 0.3 is 6.03 Å². The molecule has 6 rings (SSSR count). The molecule has 7 nitrogen and oxygen atoms in total. The van der Waals surface area contributed by atoms with Gasteiger partial charge in [0.15, 0.2) is 6.29 Å². The number of aliphatic hydroxyl groups is 1. The Labute approximate surface area is 268 Å². The third-order valence-electron chi connectivity index (χ3n) is 10.1. The van der Waals surface area contributed by atoms with Crippen LogP contribution in [0.5, 0.6) is 0 Å². The number of amides is 2. The number of nitrogens with one attached hydrogen (secondary N) is 2. The highest BCUT2D eigenvalue weighted by molar-refractivity contribution is 5.73. The summed E-state index contributed by atoms with van der Waals surface area (Å²) in [4.78, 5) is 15.1. The number of nitrogens with zero attached hydrogens (tertiary/aromatic N) is 1. The molecule has 3 aromatic carbocycles. The maximum Gasteiger partial charge on any atom is 0.315 e. The van der Waals surface area contributed by atoms with Crippen LogP contribution in [0.25, 0.3) is 0 Å². The summed E-state index contributed by atoms with van der Waals surface area (Å²) in [7, 11) is 0. The zero-order chi connectivity index (χ0) is 31.6. The Morgan fingerprint density at radius 1 is 0.844 bits per heavy atom. The van der Waals surface area contributed by atoms with Crippen molar-refractivity contribution < 1.29 is 19.4 Å². The molecule has 2 heterocycles. The largest absolute Gasteiger partial charge is 0.392 e. The summed E-state index contributed by atoms with van der Waals surface area (Å²) in [5.74, 6) is 0.153. The van der Waals surface area contributed by atoms with Crippen LogP contribution in [-0.2, 0) is 29.2 Å².